The van der Waals surface area contributed by atoms with Crippen molar-refractivity contribution in [3.8, 4) is 5.75 Å². The molecule has 68 valence electrons. The van der Waals surface area contributed by atoms with Gasteiger partial charge in [-0.1, -0.05) is 0 Å². The highest BCUT2D eigenvalue weighted by atomic mass is 16.5. The molecule has 1 aromatic rings. The summed E-state index contributed by atoms with van der Waals surface area (Å²) < 4.78 is 5.33. The summed E-state index contributed by atoms with van der Waals surface area (Å²) in [6.45, 7) is 0.419. The molecular weight excluding hydrogens is 168 g/mol. The van der Waals surface area contributed by atoms with E-state index in [1.54, 1.807) is 18.2 Å². The first kappa shape index (κ1) is 7.91. The van der Waals surface area contributed by atoms with Crippen LogP contribution in [-0.2, 0) is 4.79 Å². The monoisotopic (exact) mass is 178 g/mol. The van der Waals surface area contributed by atoms with Gasteiger partial charge in [0.05, 0.1) is 18.7 Å². The Balaban J connectivity index is 2.40. The highest BCUT2D eigenvalue weighted by molar-refractivity contribution is 5.93. The molecule has 4 heteroatoms. The number of fused-ring (bicyclic) bond motifs is 1. The van der Waals surface area contributed by atoms with Crippen LogP contribution < -0.4 is 15.8 Å². The number of amides is 1. The van der Waals surface area contributed by atoms with Crippen LogP contribution in [0.3, 0.4) is 0 Å². The number of nitrogens with one attached hydrogen (secondary N) is 1. The third kappa shape index (κ3) is 1.56. The molecule has 0 bridgehead atoms. The van der Waals surface area contributed by atoms with E-state index in [9.17, 15) is 4.79 Å². The molecule has 1 aromatic carbocycles. The number of benzene rings is 1. The highest BCUT2D eigenvalue weighted by Crippen LogP contribution is 2.28. The fourth-order valence-electron chi connectivity index (χ4n) is 1.24. The van der Waals surface area contributed by atoms with E-state index < -0.39 is 0 Å². The van der Waals surface area contributed by atoms with Crippen LogP contribution in [0.2, 0.25) is 0 Å². The lowest BCUT2D eigenvalue weighted by molar-refractivity contribution is -0.116. The summed E-state index contributed by atoms with van der Waals surface area (Å²) in [5.41, 5.74) is 6.84. The topological polar surface area (TPSA) is 64.3 Å². The molecule has 0 saturated heterocycles. The zero-order chi connectivity index (χ0) is 9.26. The molecule has 4 nitrogen and oxygen atoms in total. The summed E-state index contributed by atoms with van der Waals surface area (Å²) in [6, 6.07) is 5.20. The van der Waals surface area contributed by atoms with Gasteiger partial charge in [0, 0.05) is 5.69 Å². The van der Waals surface area contributed by atoms with Gasteiger partial charge < -0.3 is 15.8 Å². The van der Waals surface area contributed by atoms with Crippen LogP contribution in [0.4, 0.5) is 11.4 Å². The second-order valence-electron chi connectivity index (χ2n) is 2.90. The number of hydrogen-bond acceptors (Lipinski definition) is 3. The Labute approximate surface area is 75.7 Å². The van der Waals surface area contributed by atoms with Crippen LogP contribution in [0, 0.1) is 0 Å². The van der Waals surface area contributed by atoms with Crippen LogP contribution >= 0.6 is 0 Å². The van der Waals surface area contributed by atoms with Crippen molar-refractivity contribution in [3.63, 3.8) is 0 Å². The Kier molecular flexibility index (Phi) is 1.81. The van der Waals surface area contributed by atoms with E-state index in [1.807, 2.05) is 0 Å². The molecule has 0 saturated carbocycles. The lowest BCUT2D eigenvalue weighted by atomic mass is 10.2. The van der Waals surface area contributed by atoms with Gasteiger partial charge in [0.25, 0.3) is 0 Å². The first-order valence-electron chi connectivity index (χ1n) is 4.08. The van der Waals surface area contributed by atoms with Crippen molar-refractivity contribution in [2.75, 3.05) is 17.7 Å². The summed E-state index contributed by atoms with van der Waals surface area (Å²) in [6.07, 6.45) is 0.384. The summed E-state index contributed by atoms with van der Waals surface area (Å²) in [7, 11) is 0. The molecule has 1 amide bonds. The zero-order valence-electron chi connectivity index (χ0n) is 7.04. The fraction of sp³-hybridized carbons (Fsp3) is 0.222. The predicted octanol–water partition coefficient (Wildman–Crippen LogP) is 0.990. The van der Waals surface area contributed by atoms with E-state index in [-0.39, 0.29) is 5.91 Å². The van der Waals surface area contributed by atoms with Crippen molar-refractivity contribution < 1.29 is 9.53 Å². The highest BCUT2D eigenvalue weighted by Gasteiger charge is 2.12. The molecule has 0 aliphatic carbocycles. The first-order valence-corrected chi connectivity index (χ1v) is 4.08. The Bertz CT molecular complexity index is 349. The van der Waals surface area contributed by atoms with Crippen molar-refractivity contribution in [2.24, 2.45) is 0 Å². The minimum atomic E-state index is -0.0376. The summed E-state index contributed by atoms with van der Waals surface area (Å²) in [5.74, 6) is 0.643. The van der Waals surface area contributed by atoms with Gasteiger partial charge in [0.2, 0.25) is 5.91 Å². The smallest absolute Gasteiger partial charge is 0.227 e. The van der Waals surface area contributed by atoms with E-state index in [0.717, 1.165) is 0 Å². The van der Waals surface area contributed by atoms with Crippen LogP contribution in [0.25, 0.3) is 0 Å². The van der Waals surface area contributed by atoms with Crippen molar-refractivity contribution in [2.45, 2.75) is 6.42 Å². The third-order valence-corrected chi connectivity index (χ3v) is 1.86. The van der Waals surface area contributed by atoms with Gasteiger partial charge in [-0.2, -0.15) is 0 Å². The van der Waals surface area contributed by atoms with Crippen LogP contribution in [0.1, 0.15) is 6.42 Å². The molecule has 0 unspecified atom stereocenters. The Hall–Kier alpha value is -1.71. The Morgan fingerprint density at radius 2 is 2.31 bits per heavy atom. The number of rotatable bonds is 0. The predicted molar refractivity (Wildman–Crippen MR) is 49.6 cm³/mol. The average Bonchev–Trinajstić information content (AvgIpc) is 2.25. The SMILES string of the molecule is Nc1ccc2c(c1)NC(=O)CCO2. The van der Waals surface area contributed by atoms with Crippen LogP contribution in [-0.4, -0.2) is 12.5 Å². The van der Waals surface area contributed by atoms with Gasteiger partial charge in [-0.05, 0) is 18.2 Å². The van der Waals surface area contributed by atoms with Gasteiger partial charge in [0.1, 0.15) is 5.75 Å². The zero-order valence-corrected chi connectivity index (χ0v) is 7.04. The van der Waals surface area contributed by atoms with Gasteiger partial charge in [-0.15, -0.1) is 0 Å². The van der Waals surface area contributed by atoms with E-state index in [4.69, 9.17) is 10.5 Å². The number of anilines is 2. The lowest BCUT2D eigenvalue weighted by Gasteiger charge is -2.06. The molecule has 1 aliphatic rings. The fourth-order valence-corrected chi connectivity index (χ4v) is 1.24. The third-order valence-electron chi connectivity index (χ3n) is 1.86. The van der Waals surface area contributed by atoms with Crippen molar-refractivity contribution >= 4 is 17.3 Å². The molecular formula is C9H10N2O2. The summed E-state index contributed by atoms with van der Waals surface area (Å²) in [4.78, 5) is 11.1. The molecule has 0 aromatic heterocycles. The normalized spacial score (nSPS) is 15.2. The number of hydrogen-bond donors (Lipinski definition) is 2. The second kappa shape index (κ2) is 2.97. The van der Waals surface area contributed by atoms with E-state index in [2.05, 4.69) is 5.32 Å². The molecule has 3 N–H and O–H groups in total. The summed E-state index contributed by atoms with van der Waals surface area (Å²) in [5, 5.41) is 2.72. The second-order valence-corrected chi connectivity index (χ2v) is 2.90. The van der Waals surface area contributed by atoms with Crippen molar-refractivity contribution in [1.82, 2.24) is 0 Å². The van der Waals surface area contributed by atoms with Gasteiger partial charge in [-0.25, -0.2) is 0 Å². The van der Waals surface area contributed by atoms with Crippen LogP contribution in [0.5, 0.6) is 5.75 Å². The van der Waals surface area contributed by atoms with Gasteiger partial charge >= 0.3 is 0 Å². The number of carbonyl (C=O) groups is 1. The van der Waals surface area contributed by atoms with E-state index in [1.165, 1.54) is 0 Å². The number of carbonyl (C=O) groups excluding carboxylic acids is 1. The number of ether oxygens (including phenoxy) is 1. The molecule has 1 heterocycles. The number of nitrogen functional groups attached to an aromatic ring is 1. The maximum absolute atomic E-state index is 11.1. The lowest BCUT2D eigenvalue weighted by Crippen LogP contribution is -2.10. The van der Waals surface area contributed by atoms with Gasteiger partial charge in [-0.3, -0.25) is 4.79 Å². The molecule has 1 aliphatic heterocycles. The van der Waals surface area contributed by atoms with Crippen molar-refractivity contribution in [1.29, 1.82) is 0 Å². The van der Waals surface area contributed by atoms with Gasteiger partial charge in [0.15, 0.2) is 0 Å². The molecule has 13 heavy (non-hydrogen) atoms. The maximum Gasteiger partial charge on any atom is 0.227 e. The Morgan fingerprint density at radius 3 is 3.15 bits per heavy atom. The largest absolute Gasteiger partial charge is 0.491 e. The van der Waals surface area contributed by atoms with E-state index >= 15 is 0 Å². The number of nitrogens with two attached hydrogens (primary N) is 1. The summed E-state index contributed by atoms with van der Waals surface area (Å²) >= 11 is 0. The molecule has 0 fully saturated rings. The minimum absolute atomic E-state index is 0.0376. The molecule has 2 rings (SSSR count). The molecule has 0 spiro atoms. The maximum atomic E-state index is 11.1. The average molecular weight is 178 g/mol. The Morgan fingerprint density at radius 1 is 1.46 bits per heavy atom. The molecule has 0 atom stereocenters. The minimum Gasteiger partial charge on any atom is -0.491 e. The van der Waals surface area contributed by atoms with Crippen LogP contribution in [0.15, 0.2) is 18.2 Å². The standard InChI is InChI=1S/C9H10N2O2/c10-6-1-2-8-7(5-6)11-9(12)3-4-13-8/h1-2,5H,3-4,10H2,(H,11,12). The van der Waals surface area contributed by atoms with E-state index in [0.29, 0.717) is 30.2 Å². The van der Waals surface area contributed by atoms with Crippen molar-refractivity contribution in [3.05, 3.63) is 18.2 Å². The quantitative estimate of drug-likeness (QED) is 0.582. The first-order chi connectivity index (χ1) is 6.25. The molecule has 0 radical (unpaired) electrons.